The van der Waals surface area contributed by atoms with E-state index in [1.54, 1.807) is 13.0 Å². The van der Waals surface area contributed by atoms with Gasteiger partial charge >= 0.3 is 0 Å². The minimum Gasteiger partial charge on any atom is -0.492 e. The SMILES string of the molecule is Cc1ccc(OCCNC(=O)c2cc(C)on2)cc1. The fourth-order valence-corrected chi connectivity index (χ4v) is 1.53. The van der Waals surface area contributed by atoms with E-state index >= 15 is 0 Å². The second kappa shape index (κ2) is 6.04. The lowest BCUT2D eigenvalue weighted by Crippen LogP contribution is -2.28. The molecule has 0 spiro atoms. The third-order valence-electron chi connectivity index (χ3n) is 2.54. The van der Waals surface area contributed by atoms with E-state index in [1.807, 2.05) is 31.2 Å². The zero-order valence-electron chi connectivity index (χ0n) is 11.0. The summed E-state index contributed by atoms with van der Waals surface area (Å²) in [5, 5.41) is 6.34. The van der Waals surface area contributed by atoms with Crippen molar-refractivity contribution in [1.29, 1.82) is 0 Å². The lowest BCUT2D eigenvalue weighted by molar-refractivity contribution is 0.0938. The summed E-state index contributed by atoms with van der Waals surface area (Å²) in [4.78, 5) is 11.6. The molecule has 1 amide bonds. The molecule has 1 aromatic carbocycles. The Morgan fingerprint density at radius 1 is 1.32 bits per heavy atom. The Bertz CT molecular complexity index is 546. The van der Waals surface area contributed by atoms with Crippen molar-refractivity contribution in [3.8, 4) is 5.75 Å². The molecule has 100 valence electrons. The number of ether oxygens (including phenoxy) is 1. The quantitative estimate of drug-likeness (QED) is 0.836. The van der Waals surface area contributed by atoms with Gasteiger partial charge in [-0.25, -0.2) is 0 Å². The summed E-state index contributed by atoms with van der Waals surface area (Å²) in [5.74, 6) is 1.14. The Morgan fingerprint density at radius 2 is 2.05 bits per heavy atom. The lowest BCUT2D eigenvalue weighted by Gasteiger charge is -2.06. The Hall–Kier alpha value is -2.30. The number of nitrogens with one attached hydrogen (secondary N) is 1. The third kappa shape index (κ3) is 3.84. The highest BCUT2D eigenvalue weighted by Crippen LogP contribution is 2.10. The number of hydrogen-bond acceptors (Lipinski definition) is 4. The number of benzene rings is 1. The molecule has 0 radical (unpaired) electrons. The summed E-state index contributed by atoms with van der Waals surface area (Å²) in [6.07, 6.45) is 0. The first-order valence-corrected chi connectivity index (χ1v) is 6.06. The molecule has 1 N–H and O–H groups in total. The van der Waals surface area contributed by atoms with Crippen molar-refractivity contribution in [3.63, 3.8) is 0 Å². The van der Waals surface area contributed by atoms with E-state index in [0.29, 0.717) is 18.9 Å². The van der Waals surface area contributed by atoms with E-state index < -0.39 is 0 Å². The second-order valence-corrected chi connectivity index (χ2v) is 4.24. The predicted octanol–water partition coefficient (Wildman–Crippen LogP) is 2.10. The minimum absolute atomic E-state index is 0.260. The molecule has 5 heteroatoms. The van der Waals surface area contributed by atoms with Gasteiger partial charge in [0.05, 0.1) is 6.54 Å². The average molecular weight is 260 g/mol. The minimum atomic E-state index is -0.260. The topological polar surface area (TPSA) is 64.4 Å². The van der Waals surface area contributed by atoms with Gasteiger partial charge in [-0.15, -0.1) is 0 Å². The van der Waals surface area contributed by atoms with Crippen LogP contribution in [0.3, 0.4) is 0 Å². The fraction of sp³-hybridized carbons (Fsp3) is 0.286. The molecule has 0 aliphatic carbocycles. The largest absolute Gasteiger partial charge is 0.492 e. The first-order valence-electron chi connectivity index (χ1n) is 6.06. The van der Waals surface area contributed by atoms with E-state index in [9.17, 15) is 4.79 Å². The molecule has 0 saturated heterocycles. The van der Waals surface area contributed by atoms with Gasteiger partial charge in [0.15, 0.2) is 5.69 Å². The number of nitrogens with zero attached hydrogens (tertiary/aromatic N) is 1. The number of aromatic nitrogens is 1. The maximum Gasteiger partial charge on any atom is 0.273 e. The molecular formula is C14H16N2O3. The van der Waals surface area contributed by atoms with Crippen LogP contribution in [0.2, 0.25) is 0 Å². The molecule has 5 nitrogen and oxygen atoms in total. The molecular weight excluding hydrogens is 244 g/mol. The number of amides is 1. The van der Waals surface area contributed by atoms with E-state index in [1.165, 1.54) is 5.56 Å². The van der Waals surface area contributed by atoms with Gasteiger partial charge in [-0.2, -0.15) is 0 Å². The van der Waals surface area contributed by atoms with Gasteiger partial charge in [0, 0.05) is 6.07 Å². The van der Waals surface area contributed by atoms with Crippen LogP contribution in [-0.2, 0) is 0 Å². The summed E-state index contributed by atoms with van der Waals surface area (Å²) in [6, 6.07) is 9.35. The molecule has 1 heterocycles. The Balaban J connectivity index is 1.72. The molecule has 0 unspecified atom stereocenters. The highest BCUT2D eigenvalue weighted by molar-refractivity contribution is 5.92. The third-order valence-corrected chi connectivity index (χ3v) is 2.54. The first-order chi connectivity index (χ1) is 9.15. The molecule has 0 aliphatic heterocycles. The summed E-state index contributed by atoms with van der Waals surface area (Å²) in [6.45, 7) is 4.58. The Kier molecular flexibility index (Phi) is 4.18. The van der Waals surface area contributed by atoms with Gasteiger partial charge in [-0.1, -0.05) is 22.9 Å². The Morgan fingerprint density at radius 3 is 2.68 bits per heavy atom. The standard InChI is InChI=1S/C14H16N2O3/c1-10-3-5-12(6-4-10)18-8-7-15-14(17)13-9-11(2)19-16-13/h3-6,9H,7-8H2,1-2H3,(H,15,17). The summed E-state index contributed by atoms with van der Waals surface area (Å²) >= 11 is 0. The van der Waals surface area contributed by atoms with Gasteiger partial charge in [0.1, 0.15) is 18.1 Å². The molecule has 0 bridgehead atoms. The molecule has 0 fully saturated rings. The van der Waals surface area contributed by atoms with E-state index in [2.05, 4.69) is 10.5 Å². The number of hydrogen-bond donors (Lipinski definition) is 1. The number of carbonyl (C=O) groups is 1. The van der Waals surface area contributed by atoms with Crippen molar-refractivity contribution in [1.82, 2.24) is 10.5 Å². The molecule has 2 aromatic rings. The Labute approximate surface area is 111 Å². The van der Waals surface area contributed by atoms with Crippen LogP contribution >= 0.6 is 0 Å². The van der Waals surface area contributed by atoms with Crippen LogP contribution in [0.15, 0.2) is 34.9 Å². The van der Waals surface area contributed by atoms with Crippen molar-refractivity contribution in [2.45, 2.75) is 13.8 Å². The number of rotatable bonds is 5. The highest BCUT2D eigenvalue weighted by Gasteiger charge is 2.09. The molecule has 0 saturated carbocycles. The molecule has 1 aromatic heterocycles. The van der Waals surface area contributed by atoms with Gasteiger partial charge in [-0.05, 0) is 26.0 Å². The summed E-state index contributed by atoms with van der Waals surface area (Å²) in [5.41, 5.74) is 1.47. The zero-order valence-corrected chi connectivity index (χ0v) is 11.0. The number of carbonyl (C=O) groups excluding carboxylic acids is 1. The second-order valence-electron chi connectivity index (χ2n) is 4.24. The van der Waals surface area contributed by atoms with Crippen LogP contribution in [0.4, 0.5) is 0 Å². The zero-order chi connectivity index (χ0) is 13.7. The van der Waals surface area contributed by atoms with E-state index in [-0.39, 0.29) is 11.6 Å². The van der Waals surface area contributed by atoms with Gasteiger partial charge in [-0.3, -0.25) is 4.79 Å². The molecule has 19 heavy (non-hydrogen) atoms. The maximum atomic E-state index is 11.6. The van der Waals surface area contributed by atoms with Crippen molar-refractivity contribution in [2.75, 3.05) is 13.2 Å². The maximum absolute atomic E-state index is 11.6. The van der Waals surface area contributed by atoms with Crippen molar-refractivity contribution < 1.29 is 14.1 Å². The molecule has 2 rings (SSSR count). The van der Waals surface area contributed by atoms with Crippen LogP contribution in [0.1, 0.15) is 21.8 Å². The fourth-order valence-electron chi connectivity index (χ4n) is 1.53. The van der Waals surface area contributed by atoms with Gasteiger partial charge < -0.3 is 14.6 Å². The van der Waals surface area contributed by atoms with Gasteiger partial charge in [0.25, 0.3) is 5.91 Å². The van der Waals surface area contributed by atoms with Crippen molar-refractivity contribution >= 4 is 5.91 Å². The smallest absolute Gasteiger partial charge is 0.273 e. The van der Waals surface area contributed by atoms with Crippen LogP contribution in [-0.4, -0.2) is 24.2 Å². The van der Waals surface area contributed by atoms with Crippen LogP contribution < -0.4 is 10.1 Å². The van der Waals surface area contributed by atoms with E-state index in [0.717, 1.165) is 5.75 Å². The van der Waals surface area contributed by atoms with Crippen molar-refractivity contribution in [2.24, 2.45) is 0 Å². The van der Waals surface area contributed by atoms with Crippen LogP contribution in [0.5, 0.6) is 5.75 Å². The molecule has 0 aliphatic rings. The molecule has 0 atom stereocenters. The number of aryl methyl sites for hydroxylation is 2. The van der Waals surface area contributed by atoms with Crippen LogP contribution in [0.25, 0.3) is 0 Å². The average Bonchev–Trinajstić information content (AvgIpc) is 2.83. The van der Waals surface area contributed by atoms with Crippen molar-refractivity contribution in [3.05, 3.63) is 47.3 Å². The van der Waals surface area contributed by atoms with E-state index in [4.69, 9.17) is 9.26 Å². The van der Waals surface area contributed by atoms with Crippen LogP contribution in [0, 0.1) is 13.8 Å². The monoisotopic (exact) mass is 260 g/mol. The lowest BCUT2D eigenvalue weighted by atomic mass is 10.2. The predicted molar refractivity (Wildman–Crippen MR) is 70.2 cm³/mol. The summed E-state index contributed by atoms with van der Waals surface area (Å²) in [7, 11) is 0. The normalized spacial score (nSPS) is 10.2. The van der Waals surface area contributed by atoms with Gasteiger partial charge in [0.2, 0.25) is 0 Å². The summed E-state index contributed by atoms with van der Waals surface area (Å²) < 4.78 is 10.3. The first kappa shape index (κ1) is 13.1. The highest BCUT2D eigenvalue weighted by atomic mass is 16.5.